The second-order valence-electron chi connectivity index (χ2n) is 5.98. The lowest BCUT2D eigenvalue weighted by Crippen LogP contribution is -2.34. The van der Waals surface area contributed by atoms with Crippen LogP contribution in [0.25, 0.3) is 0 Å². The Bertz CT molecular complexity index is 362. The highest BCUT2D eigenvalue weighted by Crippen LogP contribution is 2.53. The molecule has 3 atom stereocenters. The fraction of sp³-hybridized carbons (Fsp3) is 0.933. The zero-order chi connectivity index (χ0) is 15.7. The van der Waals surface area contributed by atoms with Crippen molar-refractivity contribution in [1.82, 2.24) is 5.32 Å². The molecule has 3 unspecified atom stereocenters. The van der Waals surface area contributed by atoms with Crippen LogP contribution in [-0.2, 0) is 9.30 Å². The Labute approximate surface area is 128 Å². The fourth-order valence-electron chi connectivity index (χ4n) is 2.74. The van der Waals surface area contributed by atoms with Crippen molar-refractivity contribution < 1.29 is 19.0 Å². The van der Waals surface area contributed by atoms with Crippen LogP contribution in [0.15, 0.2) is 0 Å². The molecule has 1 amide bonds. The maximum Gasteiger partial charge on any atom is 0.407 e. The first-order valence-electron chi connectivity index (χ1n) is 8.24. The third-order valence-corrected chi connectivity index (χ3v) is 6.68. The van der Waals surface area contributed by atoms with Crippen LogP contribution in [0.5, 0.6) is 0 Å². The van der Waals surface area contributed by atoms with Gasteiger partial charge in [-0.2, -0.15) is 0 Å². The predicted molar refractivity (Wildman–Crippen MR) is 85.0 cm³/mol. The highest BCUT2D eigenvalue weighted by Gasteiger charge is 2.37. The standard InChI is InChI=1S/C15H30NO4P/c1-3-5-7-11-21(18,19)14-9-8-13(12-14)16-15(17)20-10-6-4-2/h13-14H,3-12H2,1-2H3,(H,16,17)(H,18,19). The number of rotatable bonds is 9. The van der Waals surface area contributed by atoms with Gasteiger partial charge in [-0.25, -0.2) is 4.79 Å². The highest BCUT2D eigenvalue weighted by atomic mass is 31.2. The summed E-state index contributed by atoms with van der Waals surface area (Å²) in [5, 5.41) is 2.81. The minimum atomic E-state index is -3.07. The topological polar surface area (TPSA) is 75.6 Å². The van der Waals surface area contributed by atoms with E-state index in [-0.39, 0.29) is 11.7 Å². The van der Waals surface area contributed by atoms with Crippen LogP contribution in [0, 0.1) is 0 Å². The molecule has 0 aromatic heterocycles. The molecular formula is C15H30NO4P. The Morgan fingerprint density at radius 3 is 2.62 bits per heavy atom. The maximum absolute atomic E-state index is 12.3. The summed E-state index contributed by atoms with van der Waals surface area (Å²) in [6.45, 7) is 4.57. The Morgan fingerprint density at radius 2 is 1.95 bits per heavy atom. The number of hydrogen-bond acceptors (Lipinski definition) is 3. The monoisotopic (exact) mass is 319 g/mol. The lowest BCUT2D eigenvalue weighted by Gasteiger charge is -2.19. The molecule has 0 heterocycles. The Kier molecular flexibility index (Phi) is 8.35. The molecule has 6 heteroatoms. The molecule has 1 fully saturated rings. The number of ether oxygens (including phenoxy) is 1. The zero-order valence-corrected chi connectivity index (χ0v) is 14.2. The highest BCUT2D eigenvalue weighted by molar-refractivity contribution is 7.58. The normalized spacial score (nSPS) is 24.5. The predicted octanol–water partition coefficient (Wildman–Crippen LogP) is 3.89. The van der Waals surface area contributed by atoms with Gasteiger partial charge in [-0.3, -0.25) is 4.57 Å². The van der Waals surface area contributed by atoms with E-state index in [1.807, 2.05) is 6.92 Å². The minimum absolute atomic E-state index is 0.0178. The average molecular weight is 319 g/mol. The van der Waals surface area contributed by atoms with Crippen LogP contribution in [-0.4, -0.2) is 35.5 Å². The molecular weight excluding hydrogens is 289 g/mol. The number of carbonyl (C=O) groups is 1. The second-order valence-corrected chi connectivity index (χ2v) is 8.67. The van der Waals surface area contributed by atoms with Crippen molar-refractivity contribution in [2.45, 2.75) is 76.9 Å². The first-order chi connectivity index (χ1) is 9.99. The van der Waals surface area contributed by atoms with E-state index in [2.05, 4.69) is 12.2 Å². The quantitative estimate of drug-likeness (QED) is 0.499. The number of amides is 1. The van der Waals surface area contributed by atoms with Crippen molar-refractivity contribution in [2.75, 3.05) is 12.8 Å². The molecule has 124 valence electrons. The molecule has 1 aliphatic rings. The molecule has 0 aromatic carbocycles. The van der Waals surface area contributed by atoms with Gasteiger partial charge in [-0.05, 0) is 32.1 Å². The van der Waals surface area contributed by atoms with Crippen molar-refractivity contribution >= 4 is 13.5 Å². The molecule has 0 aliphatic heterocycles. The number of carbonyl (C=O) groups excluding carboxylic acids is 1. The molecule has 0 saturated heterocycles. The van der Waals surface area contributed by atoms with Crippen molar-refractivity contribution in [3.8, 4) is 0 Å². The van der Waals surface area contributed by atoms with Gasteiger partial charge in [0.15, 0.2) is 0 Å². The van der Waals surface area contributed by atoms with E-state index in [9.17, 15) is 14.3 Å². The zero-order valence-electron chi connectivity index (χ0n) is 13.3. The Balaban J connectivity index is 2.31. The van der Waals surface area contributed by atoms with Crippen molar-refractivity contribution in [3.63, 3.8) is 0 Å². The molecule has 21 heavy (non-hydrogen) atoms. The van der Waals surface area contributed by atoms with E-state index in [4.69, 9.17) is 4.74 Å². The SMILES string of the molecule is CCCCCP(=O)(O)C1CCC(NC(=O)OCCCC)C1. The van der Waals surface area contributed by atoms with Gasteiger partial charge in [0.25, 0.3) is 0 Å². The van der Waals surface area contributed by atoms with Gasteiger partial charge in [0.05, 0.1) is 6.61 Å². The van der Waals surface area contributed by atoms with Crippen LogP contribution in [0.1, 0.15) is 65.2 Å². The van der Waals surface area contributed by atoms with Gasteiger partial charge in [-0.1, -0.05) is 33.1 Å². The van der Waals surface area contributed by atoms with Gasteiger partial charge in [0, 0.05) is 17.9 Å². The Hall–Kier alpha value is -0.540. The summed E-state index contributed by atoms with van der Waals surface area (Å²) >= 11 is 0. The van der Waals surface area contributed by atoms with Crippen molar-refractivity contribution in [2.24, 2.45) is 0 Å². The van der Waals surface area contributed by atoms with E-state index in [1.165, 1.54) is 0 Å². The summed E-state index contributed by atoms with van der Waals surface area (Å²) in [7, 11) is -3.07. The summed E-state index contributed by atoms with van der Waals surface area (Å²) in [5.41, 5.74) is -0.157. The largest absolute Gasteiger partial charge is 0.450 e. The Morgan fingerprint density at radius 1 is 1.24 bits per heavy atom. The molecule has 2 N–H and O–H groups in total. The van der Waals surface area contributed by atoms with E-state index in [0.29, 0.717) is 19.2 Å². The third-order valence-electron chi connectivity index (χ3n) is 4.11. The summed E-state index contributed by atoms with van der Waals surface area (Å²) in [6, 6.07) is -0.0178. The average Bonchev–Trinajstić information content (AvgIpc) is 2.88. The molecule has 1 aliphatic carbocycles. The van der Waals surface area contributed by atoms with E-state index >= 15 is 0 Å². The molecule has 0 radical (unpaired) electrons. The van der Waals surface area contributed by atoms with Gasteiger partial charge in [0.2, 0.25) is 7.37 Å². The van der Waals surface area contributed by atoms with Crippen LogP contribution >= 0.6 is 7.37 Å². The number of hydrogen-bond donors (Lipinski definition) is 2. The third kappa shape index (κ3) is 6.84. The molecule has 1 saturated carbocycles. The van der Waals surface area contributed by atoms with Crippen LogP contribution in [0.3, 0.4) is 0 Å². The van der Waals surface area contributed by atoms with Crippen LogP contribution in [0.2, 0.25) is 0 Å². The van der Waals surface area contributed by atoms with E-state index < -0.39 is 13.5 Å². The van der Waals surface area contributed by atoms with Crippen molar-refractivity contribution in [1.29, 1.82) is 0 Å². The molecule has 5 nitrogen and oxygen atoms in total. The molecule has 0 bridgehead atoms. The fourth-order valence-corrected chi connectivity index (χ4v) is 4.92. The summed E-state index contributed by atoms with van der Waals surface area (Å²) < 4.78 is 17.4. The number of nitrogens with one attached hydrogen (secondary N) is 1. The van der Waals surface area contributed by atoms with E-state index in [1.54, 1.807) is 0 Å². The summed E-state index contributed by atoms with van der Waals surface area (Å²) in [4.78, 5) is 21.8. The number of unbranched alkanes of at least 4 members (excludes halogenated alkanes) is 3. The molecule has 1 rings (SSSR count). The van der Waals surface area contributed by atoms with Gasteiger partial charge in [-0.15, -0.1) is 0 Å². The van der Waals surface area contributed by atoms with Crippen LogP contribution in [0.4, 0.5) is 4.79 Å². The lowest BCUT2D eigenvalue weighted by molar-refractivity contribution is 0.140. The van der Waals surface area contributed by atoms with Crippen molar-refractivity contribution in [3.05, 3.63) is 0 Å². The second kappa shape index (κ2) is 9.47. The van der Waals surface area contributed by atoms with Crippen LogP contribution < -0.4 is 5.32 Å². The maximum atomic E-state index is 12.3. The lowest BCUT2D eigenvalue weighted by atomic mass is 10.3. The van der Waals surface area contributed by atoms with Gasteiger partial charge < -0.3 is 14.9 Å². The summed E-state index contributed by atoms with van der Waals surface area (Å²) in [6.07, 6.45) is 6.84. The first kappa shape index (κ1) is 18.5. The molecule has 0 aromatic rings. The minimum Gasteiger partial charge on any atom is -0.450 e. The summed E-state index contributed by atoms with van der Waals surface area (Å²) in [5.74, 6) is 0. The number of alkyl carbamates (subject to hydrolysis) is 1. The molecule has 0 spiro atoms. The van der Waals surface area contributed by atoms with Gasteiger partial charge in [0.1, 0.15) is 0 Å². The smallest absolute Gasteiger partial charge is 0.407 e. The first-order valence-corrected chi connectivity index (χ1v) is 10.2. The van der Waals surface area contributed by atoms with Gasteiger partial charge >= 0.3 is 6.09 Å². The van der Waals surface area contributed by atoms with E-state index in [0.717, 1.165) is 44.9 Å².